The Morgan fingerprint density at radius 3 is 2.56 bits per heavy atom. The number of rotatable bonds is 2. The van der Waals surface area contributed by atoms with E-state index in [9.17, 15) is 4.79 Å². The molecule has 0 N–H and O–H groups in total. The Morgan fingerprint density at radius 1 is 1.44 bits per heavy atom. The first kappa shape index (κ1) is 13.5. The zero-order valence-electron chi connectivity index (χ0n) is 9.51. The van der Waals surface area contributed by atoms with Crippen LogP contribution in [0.2, 0.25) is 5.02 Å². The summed E-state index contributed by atoms with van der Waals surface area (Å²) in [6.07, 6.45) is 0. The quantitative estimate of drug-likeness (QED) is 0.605. The van der Waals surface area contributed by atoms with E-state index in [-0.39, 0.29) is 5.97 Å². The molecule has 0 atom stereocenters. The number of hydrogen-bond acceptors (Lipinski definition) is 2. The Kier molecular flexibility index (Phi) is 4.39. The van der Waals surface area contributed by atoms with Gasteiger partial charge in [-0.15, -0.1) is 0 Å². The van der Waals surface area contributed by atoms with Gasteiger partial charge >= 0.3 is 5.97 Å². The third-order valence-corrected chi connectivity index (χ3v) is 2.89. The number of hydrogen-bond donors (Lipinski definition) is 0. The van der Waals surface area contributed by atoms with Crippen LogP contribution >= 0.6 is 27.5 Å². The second-order valence-corrected chi connectivity index (χ2v) is 5.35. The lowest BCUT2D eigenvalue weighted by atomic mass is 10.1. The van der Waals surface area contributed by atoms with Crippen molar-refractivity contribution in [2.45, 2.75) is 31.7 Å². The molecule has 0 spiro atoms. The van der Waals surface area contributed by atoms with Gasteiger partial charge in [-0.3, -0.25) is 0 Å². The highest BCUT2D eigenvalue weighted by molar-refractivity contribution is 9.08. The van der Waals surface area contributed by atoms with E-state index >= 15 is 0 Å². The van der Waals surface area contributed by atoms with Crippen LogP contribution in [0.4, 0.5) is 0 Å². The fourth-order valence-corrected chi connectivity index (χ4v) is 2.07. The standard InChI is InChI=1S/C12H14BrClO2/c1-12(2,3)16-11(15)9-6-4-5-8(7-13)10(9)14/h4-6H,7H2,1-3H3. The van der Waals surface area contributed by atoms with Crippen molar-refractivity contribution in [3.8, 4) is 0 Å². The maximum Gasteiger partial charge on any atom is 0.340 e. The SMILES string of the molecule is CC(C)(C)OC(=O)c1cccc(CBr)c1Cl. The fourth-order valence-electron chi connectivity index (χ4n) is 1.17. The van der Waals surface area contributed by atoms with Gasteiger partial charge in [0.15, 0.2) is 0 Å². The van der Waals surface area contributed by atoms with Crippen molar-refractivity contribution in [2.75, 3.05) is 0 Å². The molecule has 1 aromatic rings. The average Bonchev–Trinajstić information content (AvgIpc) is 2.15. The number of esters is 1. The summed E-state index contributed by atoms with van der Waals surface area (Å²) in [6.45, 7) is 5.48. The molecule has 0 amide bonds. The zero-order valence-corrected chi connectivity index (χ0v) is 11.9. The lowest BCUT2D eigenvalue weighted by molar-refractivity contribution is 0.00697. The summed E-state index contributed by atoms with van der Waals surface area (Å²) in [5, 5.41) is 1.07. The molecule has 0 radical (unpaired) electrons. The van der Waals surface area contributed by atoms with Gasteiger partial charge in [-0.2, -0.15) is 0 Å². The number of halogens is 2. The third kappa shape index (κ3) is 3.49. The first-order valence-corrected chi connectivity index (χ1v) is 6.42. The predicted octanol–water partition coefficient (Wildman–Crippen LogP) is 4.19. The number of carbonyl (C=O) groups is 1. The summed E-state index contributed by atoms with van der Waals surface area (Å²) in [4.78, 5) is 11.8. The van der Waals surface area contributed by atoms with Crippen LogP contribution in [0.5, 0.6) is 0 Å². The van der Waals surface area contributed by atoms with Gasteiger partial charge in [0.1, 0.15) is 5.60 Å². The molecule has 0 aliphatic heterocycles. The largest absolute Gasteiger partial charge is 0.456 e. The van der Waals surface area contributed by atoms with Crippen molar-refractivity contribution >= 4 is 33.5 Å². The van der Waals surface area contributed by atoms with Crippen LogP contribution in [0.1, 0.15) is 36.7 Å². The summed E-state index contributed by atoms with van der Waals surface area (Å²) in [7, 11) is 0. The van der Waals surface area contributed by atoms with Gasteiger partial charge in [0, 0.05) is 5.33 Å². The molecular weight excluding hydrogens is 291 g/mol. The van der Waals surface area contributed by atoms with E-state index in [0.29, 0.717) is 15.9 Å². The van der Waals surface area contributed by atoms with Crippen LogP contribution < -0.4 is 0 Å². The zero-order chi connectivity index (χ0) is 12.3. The van der Waals surface area contributed by atoms with Crippen LogP contribution in [0, 0.1) is 0 Å². The minimum Gasteiger partial charge on any atom is -0.456 e. The van der Waals surface area contributed by atoms with Gasteiger partial charge in [0.2, 0.25) is 0 Å². The van der Waals surface area contributed by atoms with Crippen molar-refractivity contribution in [1.29, 1.82) is 0 Å². The van der Waals surface area contributed by atoms with Crippen LogP contribution in [-0.4, -0.2) is 11.6 Å². The molecule has 0 aliphatic carbocycles. The second-order valence-electron chi connectivity index (χ2n) is 4.41. The lowest BCUT2D eigenvalue weighted by Crippen LogP contribution is -2.24. The van der Waals surface area contributed by atoms with Gasteiger partial charge in [0.05, 0.1) is 10.6 Å². The van der Waals surface area contributed by atoms with Gasteiger partial charge in [-0.1, -0.05) is 39.7 Å². The monoisotopic (exact) mass is 304 g/mol. The normalized spacial score (nSPS) is 11.3. The first-order chi connectivity index (χ1) is 7.35. The molecule has 88 valence electrons. The molecule has 0 heterocycles. The lowest BCUT2D eigenvalue weighted by Gasteiger charge is -2.20. The summed E-state index contributed by atoms with van der Waals surface area (Å²) in [5.74, 6) is -0.389. The molecule has 0 bridgehead atoms. The van der Waals surface area contributed by atoms with Gasteiger partial charge < -0.3 is 4.74 Å². The number of benzene rings is 1. The Bertz CT molecular complexity index is 396. The Hall–Kier alpha value is -0.540. The van der Waals surface area contributed by atoms with E-state index in [1.165, 1.54) is 0 Å². The fraction of sp³-hybridized carbons (Fsp3) is 0.417. The third-order valence-electron chi connectivity index (χ3n) is 1.84. The van der Waals surface area contributed by atoms with Crippen LogP contribution in [0.25, 0.3) is 0 Å². The Balaban J connectivity index is 3.01. The first-order valence-electron chi connectivity index (χ1n) is 4.92. The summed E-state index contributed by atoms with van der Waals surface area (Å²) >= 11 is 9.42. The van der Waals surface area contributed by atoms with Crippen molar-refractivity contribution in [2.24, 2.45) is 0 Å². The highest BCUT2D eigenvalue weighted by Crippen LogP contribution is 2.25. The molecule has 0 saturated carbocycles. The highest BCUT2D eigenvalue weighted by atomic mass is 79.9. The summed E-state index contributed by atoms with van der Waals surface area (Å²) in [6, 6.07) is 5.33. The van der Waals surface area contributed by atoms with Crippen LogP contribution in [0.15, 0.2) is 18.2 Å². The molecule has 1 rings (SSSR count). The van der Waals surface area contributed by atoms with Crippen LogP contribution in [0.3, 0.4) is 0 Å². The van der Waals surface area contributed by atoms with Crippen molar-refractivity contribution < 1.29 is 9.53 Å². The Labute approximate surface area is 109 Å². The van der Waals surface area contributed by atoms with E-state index in [0.717, 1.165) is 5.56 Å². The molecule has 0 fully saturated rings. The molecule has 1 aromatic carbocycles. The van der Waals surface area contributed by atoms with E-state index in [1.807, 2.05) is 26.8 Å². The summed E-state index contributed by atoms with van der Waals surface area (Å²) in [5.41, 5.74) is 0.781. The van der Waals surface area contributed by atoms with Crippen molar-refractivity contribution in [3.63, 3.8) is 0 Å². The summed E-state index contributed by atoms with van der Waals surface area (Å²) < 4.78 is 5.27. The molecule has 0 aromatic heterocycles. The predicted molar refractivity (Wildman–Crippen MR) is 69.3 cm³/mol. The molecule has 16 heavy (non-hydrogen) atoms. The minimum atomic E-state index is -0.509. The van der Waals surface area contributed by atoms with Gasteiger partial charge in [-0.25, -0.2) is 4.79 Å². The minimum absolute atomic E-state index is 0.389. The van der Waals surface area contributed by atoms with Crippen molar-refractivity contribution in [1.82, 2.24) is 0 Å². The molecule has 0 saturated heterocycles. The number of carbonyl (C=O) groups excluding carboxylic acids is 1. The van der Waals surface area contributed by atoms with E-state index in [1.54, 1.807) is 12.1 Å². The maximum atomic E-state index is 11.8. The van der Waals surface area contributed by atoms with Crippen molar-refractivity contribution in [3.05, 3.63) is 34.3 Å². The average molecular weight is 306 g/mol. The maximum absolute atomic E-state index is 11.8. The Morgan fingerprint density at radius 2 is 2.06 bits per heavy atom. The van der Waals surface area contributed by atoms with Gasteiger partial charge in [0.25, 0.3) is 0 Å². The molecule has 0 aliphatic rings. The van der Waals surface area contributed by atoms with E-state index < -0.39 is 5.60 Å². The smallest absolute Gasteiger partial charge is 0.340 e. The highest BCUT2D eigenvalue weighted by Gasteiger charge is 2.20. The number of alkyl halides is 1. The van der Waals surface area contributed by atoms with Crippen LogP contribution in [-0.2, 0) is 10.1 Å². The number of ether oxygens (including phenoxy) is 1. The molecule has 2 nitrogen and oxygen atoms in total. The van der Waals surface area contributed by atoms with E-state index in [2.05, 4.69) is 15.9 Å². The molecule has 0 unspecified atom stereocenters. The molecular formula is C12H14BrClO2. The second kappa shape index (κ2) is 5.19. The van der Waals surface area contributed by atoms with Gasteiger partial charge in [-0.05, 0) is 32.4 Å². The molecule has 4 heteroatoms. The topological polar surface area (TPSA) is 26.3 Å². The van der Waals surface area contributed by atoms with E-state index in [4.69, 9.17) is 16.3 Å².